The van der Waals surface area contributed by atoms with Crippen LogP contribution in [0.15, 0.2) is 54.6 Å². The van der Waals surface area contributed by atoms with Crippen molar-refractivity contribution in [1.82, 2.24) is 0 Å². The van der Waals surface area contributed by atoms with Crippen LogP contribution < -0.4 is 10.1 Å². The fraction of sp³-hybridized carbons (Fsp3) is 0.300. The number of anilines is 1. The molecular formula is C20H20ClNO. The van der Waals surface area contributed by atoms with Gasteiger partial charge >= 0.3 is 0 Å². The average molecular weight is 326 g/mol. The number of para-hydroxylation sites is 1. The molecular weight excluding hydrogens is 306 g/mol. The van der Waals surface area contributed by atoms with Gasteiger partial charge in [-0.2, -0.15) is 0 Å². The highest BCUT2D eigenvalue weighted by Crippen LogP contribution is 2.52. The molecule has 3 heteroatoms. The molecule has 3 atom stereocenters. The Kier molecular flexibility index (Phi) is 3.78. The van der Waals surface area contributed by atoms with Crippen molar-refractivity contribution in [2.24, 2.45) is 5.92 Å². The van der Waals surface area contributed by atoms with Gasteiger partial charge in [0.05, 0.1) is 18.3 Å². The van der Waals surface area contributed by atoms with Crippen LogP contribution >= 0.6 is 11.6 Å². The van der Waals surface area contributed by atoms with E-state index in [1.807, 2.05) is 25.1 Å². The summed E-state index contributed by atoms with van der Waals surface area (Å²) in [6.45, 7) is 2.70. The fourth-order valence-electron chi connectivity index (χ4n) is 3.87. The molecule has 2 aromatic carbocycles. The van der Waals surface area contributed by atoms with Crippen LogP contribution in [0, 0.1) is 5.92 Å². The van der Waals surface area contributed by atoms with Gasteiger partial charge in [-0.15, -0.1) is 0 Å². The summed E-state index contributed by atoms with van der Waals surface area (Å²) in [7, 11) is 0. The summed E-state index contributed by atoms with van der Waals surface area (Å²) < 4.78 is 5.85. The molecule has 4 rings (SSSR count). The number of ether oxygens (including phenoxy) is 1. The Hall–Kier alpha value is -1.93. The van der Waals surface area contributed by atoms with Crippen LogP contribution in [-0.2, 0) is 0 Å². The second-order valence-electron chi connectivity index (χ2n) is 6.18. The number of allylic oxidation sites excluding steroid dienone is 2. The quantitative estimate of drug-likeness (QED) is 0.745. The molecule has 0 saturated carbocycles. The molecule has 0 bridgehead atoms. The second-order valence-corrected chi connectivity index (χ2v) is 6.62. The first kappa shape index (κ1) is 14.6. The predicted molar refractivity (Wildman–Crippen MR) is 95.4 cm³/mol. The second kappa shape index (κ2) is 5.93. The maximum Gasteiger partial charge on any atom is 0.142 e. The Morgan fingerprint density at radius 1 is 1.17 bits per heavy atom. The van der Waals surface area contributed by atoms with Gasteiger partial charge in [0.15, 0.2) is 0 Å². The van der Waals surface area contributed by atoms with Crippen molar-refractivity contribution in [3.63, 3.8) is 0 Å². The first-order valence-electron chi connectivity index (χ1n) is 8.22. The summed E-state index contributed by atoms with van der Waals surface area (Å²) in [6, 6.07) is 14.8. The van der Waals surface area contributed by atoms with Crippen LogP contribution in [0.2, 0.25) is 5.02 Å². The minimum atomic E-state index is 0.279. The van der Waals surface area contributed by atoms with E-state index in [0.717, 1.165) is 22.9 Å². The lowest BCUT2D eigenvalue weighted by molar-refractivity contribution is 0.337. The lowest BCUT2D eigenvalue weighted by Gasteiger charge is -2.38. The minimum absolute atomic E-state index is 0.279. The number of benzene rings is 2. The van der Waals surface area contributed by atoms with Crippen molar-refractivity contribution in [3.8, 4) is 5.75 Å². The van der Waals surface area contributed by atoms with E-state index < -0.39 is 0 Å². The minimum Gasteiger partial charge on any atom is -0.492 e. The Morgan fingerprint density at radius 2 is 2.00 bits per heavy atom. The molecule has 1 aliphatic carbocycles. The van der Waals surface area contributed by atoms with Crippen LogP contribution in [0.3, 0.4) is 0 Å². The number of hydrogen-bond acceptors (Lipinski definition) is 2. The predicted octanol–water partition coefficient (Wildman–Crippen LogP) is 5.57. The van der Waals surface area contributed by atoms with Gasteiger partial charge in [-0.25, -0.2) is 0 Å². The van der Waals surface area contributed by atoms with Gasteiger partial charge in [-0.05, 0) is 48.6 Å². The number of hydrogen-bond donors (Lipinski definition) is 1. The zero-order valence-electron chi connectivity index (χ0n) is 13.1. The largest absolute Gasteiger partial charge is 0.492 e. The molecule has 0 saturated heterocycles. The molecule has 2 nitrogen and oxygen atoms in total. The lowest BCUT2D eigenvalue weighted by atomic mass is 9.77. The molecule has 0 amide bonds. The molecule has 1 aliphatic heterocycles. The van der Waals surface area contributed by atoms with E-state index in [-0.39, 0.29) is 6.04 Å². The van der Waals surface area contributed by atoms with E-state index in [1.54, 1.807) is 0 Å². The maximum absolute atomic E-state index is 6.06. The van der Waals surface area contributed by atoms with Gasteiger partial charge in [-0.1, -0.05) is 48.0 Å². The van der Waals surface area contributed by atoms with Crippen molar-refractivity contribution < 1.29 is 4.74 Å². The number of fused-ring (bicyclic) bond motifs is 3. The molecule has 118 valence electrons. The number of nitrogens with one attached hydrogen (secondary N) is 1. The smallest absolute Gasteiger partial charge is 0.142 e. The molecule has 0 unspecified atom stereocenters. The number of rotatable bonds is 3. The third-order valence-corrected chi connectivity index (χ3v) is 5.14. The zero-order valence-corrected chi connectivity index (χ0v) is 13.9. The maximum atomic E-state index is 6.06. The standard InChI is InChI=1S/C20H20ClNO/c1-2-23-18-8-4-7-17-15-5-3-6-16(15)19(22-20(17)18)13-9-11-14(21)12-10-13/h3-5,7-12,15-16,19,22H,2,6H2,1H3/t15-,16+,19-/m1/s1. The highest BCUT2D eigenvalue weighted by Gasteiger charge is 2.38. The molecule has 0 fully saturated rings. The highest BCUT2D eigenvalue weighted by atomic mass is 35.5. The number of halogens is 1. The molecule has 23 heavy (non-hydrogen) atoms. The van der Waals surface area contributed by atoms with Crippen molar-refractivity contribution in [2.75, 3.05) is 11.9 Å². The Morgan fingerprint density at radius 3 is 2.78 bits per heavy atom. The normalized spacial score (nSPS) is 24.7. The third kappa shape index (κ3) is 2.51. The lowest BCUT2D eigenvalue weighted by Crippen LogP contribution is -2.29. The summed E-state index contributed by atoms with van der Waals surface area (Å²) >= 11 is 6.06. The Balaban J connectivity index is 1.78. The van der Waals surface area contributed by atoms with E-state index in [4.69, 9.17) is 16.3 Å². The Labute approximate surface area is 142 Å². The van der Waals surface area contributed by atoms with E-state index in [2.05, 4.69) is 41.7 Å². The monoisotopic (exact) mass is 325 g/mol. The molecule has 0 spiro atoms. The van der Waals surface area contributed by atoms with E-state index in [1.165, 1.54) is 11.1 Å². The van der Waals surface area contributed by atoms with Gasteiger partial charge in [0.1, 0.15) is 5.75 Å². The molecule has 0 aromatic heterocycles. The molecule has 1 N–H and O–H groups in total. The van der Waals surface area contributed by atoms with Crippen molar-refractivity contribution in [3.05, 3.63) is 70.8 Å². The van der Waals surface area contributed by atoms with E-state index in [9.17, 15) is 0 Å². The summed E-state index contributed by atoms with van der Waals surface area (Å²) in [5.41, 5.74) is 3.77. The van der Waals surface area contributed by atoms with Crippen LogP contribution in [0.4, 0.5) is 5.69 Å². The van der Waals surface area contributed by atoms with Gasteiger partial charge in [-0.3, -0.25) is 0 Å². The summed E-state index contributed by atoms with van der Waals surface area (Å²) in [5, 5.41) is 4.53. The van der Waals surface area contributed by atoms with E-state index in [0.29, 0.717) is 18.4 Å². The average Bonchev–Trinajstić information content (AvgIpc) is 3.05. The van der Waals surface area contributed by atoms with Gasteiger partial charge in [0, 0.05) is 10.9 Å². The fourth-order valence-corrected chi connectivity index (χ4v) is 3.99. The van der Waals surface area contributed by atoms with Crippen LogP contribution in [0.25, 0.3) is 0 Å². The van der Waals surface area contributed by atoms with Gasteiger partial charge in [0.25, 0.3) is 0 Å². The topological polar surface area (TPSA) is 21.3 Å². The zero-order chi connectivity index (χ0) is 15.8. The van der Waals surface area contributed by atoms with Crippen molar-refractivity contribution in [2.45, 2.75) is 25.3 Å². The van der Waals surface area contributed by atoms with Gasteiger partial charge in [0.2, 0.25) is 0 Å². The van der Waals surface area contributed by atoms with Crippen LogP contribution in [0.1, 0.15) is 36.4 Å². The first-order chi connectivity index (χ1) is 11.3. The first-order valence-corrected chi connectivity index (χ1v) is 8.60. The molecule has 0 radical (unpaired) electrons. The third-order valence-electron chi connectivity index (χ3n) is 4.89. The molecule has 1 heterocycles. The SMILES string of the molecule is CCOc1cccc2c1N[C@H](c1ccc(Cl)cc1)[C@H]1CC=C[C@@H]21. The summed E-state index contributed by atoms with van der Waals surface area (Å²) in [6.07, 6.45) is 5.76. The molecule has 2 aromatic rings. The van der Waals surface area contributed by atoms with Gasteiger partial charge < -0.3 is 10.1 Å². The Bertz CT molecular complexity index is 738. The highest BCUT2D eigenvalue weighted by molar-refractivity contribution is 6.30. The summed E-state index contributed by atoms with van der Waals surface area (Å²) in [4.78, 5) is 0. The van der Waals surface area contributed by atoms with Crippen molar-refractivity contribution in [1.29, 1.82) is 0 Å². The summed E-state index contributed by atoms with van der Waals surface area (Å²) in [5.74, 6) is 1.94. The molecule has 2 aliphatic rings. The van der Waals surface area contributed by atoms with E-state index >= 15 is 0 Å². The van der Waals surface area contributed by atoms with Crippen LogP contribution in [-0.4, -0.2) is 6.61 Å². The van der Waals surface area contributed by atoms with Crippen LogP contribution in [0.5, 0.6) is 5.75 Å². The van der Waals surface area contributed by atoms with Crippen molar-refractivity contribution >= 4 is 17.3 Å².